The number of carbonyl (C=O) groups excluding carboxylic acids is 1. The minimum atomic E-state index is -0.444. The number of aryl methyl sites for hydroxylation is 1. The molecule has 0 spiro atoms. The molecule has 1 amide bonds. The van der Waals surface area contributed by atoms with E-state index in [-0.39, 0.29) is 11.8 Å². The molecule has 116 valence electrons. The predicted octanol–water partition coefficient (Wildman–Crippen LogP) is 2.98. The third kappa shape index (κ3) is 4.03. The summed E-state index contributed by atoms with van der Waals surface area (Å²) < 4.78 is 18.6. The third-order valence-corrected chi connectivity index (χ3v) is 4.41. The van der Waals surface area contributed by atoms with Gasteiger partial charge in [-0.05, 0) is 32.3 Å². The highest BCUT2D eigenvalue weighted by molar-refractivity contribution is 5.83. The summed E-state index contributed by atoms with van der Waals surface area (Å²) in [5.41, 5.74) is 1.69. The number of ether oxygens (including phenoxy) is 1. The summed E-state index contributed by atoms with van der Waals surface area (Å²) >= 11 is 0. The molecule has 1 heterocycles. The first kappa shape index (κ1) is 16.0. The molecule has 2 rings (SSSR count). The number of alkyl halides is 1. The van der Waals surface area contributed by atoms with Gasteiger partial charge in [-0.2, -0.15) is 0 Å². The van der Waals surface area contributed by atoms with E-state index >= 15 is 0 Å². The summed E-state index contributed by atoms with van der Waals surface area (Å²) in [6.07, 6.45) is 1.34. The fraction of sp³-hybridized carbons (Fsp3) is 0.588. The lowest BCUT2D eigenvalue weighted by Gasteiger charge is -2.35. The van der Waals surface area contributed by atoms with E-state index in [0.29, 0.717) is 32.6 Å². The Morgan fingerprint density at radius 3 is 2.76 bits per heavy atom. The summed E-state index contributed by atoms with van der Waals surface area (Å²) in [5.74, 6) is -0.263. The second-order valence-electron chi connectivity index (χ2n) is 6.10. The van der Waals surface area contributed by atoms with Crippen molar-refractivity contribution < 1.29 is 13.9 Å². The van der Waals surface area contributed by atoms with Crippen molar-refractivity contribution in [3.63, 3.8) is 0 Å². The van der Waals surface area contributed by atoms with Crippen molar-refractivity contribution in [3.8, 4) is 0 Å². The molecule has 0 unspecified atom stereocenters. The van der Waals surface area contributed by atoms with Gasteiger partial charge in [-0.1, -0.05) is 29.8 Å². The normalized spacial score (nSPS) is 19.0. The standard InChI is InChI=1S/C17H24FNO2/c1-13-4-3-5-15(10-13)14(2)16(20)19-12-17(11-18)6-8-21-9-7-17/h3-5,10,14H,6-9,11-12H2,1-2H3,(H,19,20)/t14-/m1/s1. The zero-order chi connectivity index (χ0) is 15.3. The Morgan fingerprint density at radius 2 is 2.14 bits per heavy atom. The second-order valence-corrected chi connectivity index (χ2v) is 6.10. The van der Waals surface area contributed by atoms with Crippen LogP contribution in [-0.2, 0) is 9.53 Å². The Hall–Kier alpha value is -1.42. The van der Waals surface area contributed by atoms with Gasteiger partial charge in [-0.3, -0.25) is 9.18 Å². The van der Waals surface area contributed by atoms with E-state index in [0.717, 1.165) is 11.1 Å². The Morgan fingerprint density at radius 1 is 1.43 bits per heavy atom. The van der Waals surface area contributed by atoms with Crippen LogP contribution in [0.3, 0.4) is 0 Å². The van der Waals surface area contributed by atoms with Gasteiger partial charge < -0.3 is 10.1 Å². The highest BCUT2D eigenvalue weighted by Crippen LogP contribution is 2.30. The molecule has 1 saturated heterocycles. The predicted molar refractivity (Wildman–Crippen MR) is 81.1 cm³/mol. The van der Waals surface area contributed by atoms with E-state index in [9.17, 15) is 9.18 Å². The Labute approximate surface area is 125 Å². The number of nitrogens with one attached hydrogen (secondary N) is 1. The van der Waals surface area contributed by atoms with Gasteiger partial charge >= 0.3 is 0 Å². The van der Waals surface area contributed by atoms with Crippen LogP contribution in [0.15, 0.2) is 24.3 Å². The van der Waals surface area contributed by atoms with Crippen molar-refractivity contribution in [2.75, 3.05) is 26.4 Å². The Bertz CT molecular complexity index is 483. The van der Waals surface area contributed by atoms with Crippen molar-refractivity contribution in [2.24, 2.45) is 5.41 Å². The van der Waals surface area contributed by atoms with E-state index < -0.39 is 12.1 Å². The van der Waals surface area contributed by atoms with Gasteiger partial charge in [-0.15, -0.1) is 0 Å². The average molecular weight is 293 g/mol. The van der Waals surface area contributed by atoms with Crippen LogP contribution in [0.1, 0.15) is 36.8 Å². The molecule has 0 bridgehead atoms. The maximum absolute atomic E-state index is 13.4. The monoisotopic (exact) mass is 293 g/mol. The maximum Gasteiger partial charge on any atom is 0.227 e. The van der Waals surface area contributed by atoms with Crippen LogP contribution in [0, 0.1) is 12.3 Å². The van der Waals surface area contributed by atoms with Crippen LogP contribution < -0.4 is 5.32 Å². The molecule has 1 aliphatic rings. The van der Waals surface area contributed by atoms with Crippen LogP contribution in [0.5, 0.6) is 0 Å². The highest BCUT2D eigenvalue weighted by Gasteiger charge is 2.33. The molecule has 0 aliphatic carbocycles. The van der Waals surface area contributed by atoms with Crippen LogP contribution in [0.25, 0.3) is 0 Å². The summed E-state index contributed by atoms with van der Waals surface area (Å²) in [7, 11) is 0. The molecule has 4 heteroatoms. The molecule has 1 aliphatic heterocycles. The minimum absolute atomic E-state index is 0.0417. The van der Waals surface area contributed by atoms with Crippen molar-refractivity contribution in [2.45, 2.75) is 32.6 Å². The fourth-order valence-corrected chi connectivity index (χ4v) is 2.68. The first-order valence-corrected chi connectivity index (χ1v) is 7.54. The fourth-order valence-electron chi connectivity index (χ4n) is 2.68. The number of rotatable bonds is 5. The molecule has 0 radical (unpaired) electrons. The molecule has 1 aromatic carbocycles. The number of hydrogen-bond donors (Lipinski definition) is 1. The number of carbonyl (C=O) groups is 1. The largest absolute Gasteiger partial charge is 0.381 e. The lowest BCUT2D eigenvalue weighted by atomic mass is 9.81. The summed E-state index contributed by atoms with van der Waals surface area (Å²) in [6.45, 7) is 5.03. The third-order valence-electron chi connectivity index (χ3n) is 4.41. The van der Waals surface area contributed by atoms with E-state index in [1.807, 2.05) is 38.1 Å². The Kier molecular flexibility index (Phi) is 5.34. The SMILES string of the molecule is Cc1cccc([C@@H](C)C(=O)NCC2(CF)CCOCC2)c1. The smallest absolute Gasteiger partial charge is 0.227 e. The molecule has 1 fully saturated rings. The highest BCUT2D eigenvalue weighted by atomic mass is 19.1. The topological polar surface area (TPSA) is 38.3 Å². The van der Waals surface area contributed by atoms with Gasteiger partial charge in [0.1, 0.15) is 0 Å². The summed E-state index contributed by atoms with van der Waals surface area (Å²) in [4.78, 5) is 12.3. The van der Waals surface area contributed by atoms with Crippen molar-refractivity contribution in [1.29, 1.82) is 0 Å². The zero-order valence-electron chi connectivity index (χ0n) is 12.8. The molecule has 3 nitrogen and oxygen atoms in total. The Balaban J connectivity index is 1.94. The number of halogens is 1. The van der Waals surface area contributed by atoms with E-state index in [2.05, 4.69) is 5.32 Å². The molecule has 1 N–H and O–H groups in total. The van der Waals surface area contributed by atoms with Gasteiger partial charge in [0, 0.05) is 25.2 Å². The first-order chi connectivity index (χ1) is 10.1. The molecule has 1 atom stereocenters. The molecule has 21 heavy (non-hydrogen) atoms. The van der Waals surface area contributed by atoms with Crippen molar-refractivity contribution in [3.05, 3.63) is 35.4 Å². The van der Waals surface area contributed by atoms with Gasteiger partial charge in [0.25, 0.3) is 0 Å². The average Bonchev–Trinajstić information content (AvgIpc) is 2.53. The van der Waals surface area contributed by atoms with E-state index in [1.54, 1.807) is 0 Å². The lowest BCUT2D eigenvalue weighted by Crippen LogP contribution is -2.43. The summed E-state index contributed by atoms with van der Waals surface area (Å²) in [5, 5.41) is 2.93. The lowest BCUT2D eigenvalue weighted by molar-refractivity contribution is -0.123. The number of hydrogen-bond acceptors (Lipinski definition) is 2. The maximum atomic E-state index is 13.4. The first-order valence-electron chi connectivity index (χ1n) is 7.54. The zero-order valence-corrected chi connectivity index (χ0v) is 12.8. The molecular weight excluding hydrogens is 269 g/mol. The molecular formula is C17H24FNO2. The summed E-state index contributed by atoms with van der Waals surface area (Å²) in [6, 6.07) is 7.93. The van der Waals surface area contributed by atoms with Gasteiger partial charge in [-0.25, -0.2) is 0 Å². The van der Waals surface area contributed by atoms with Crippen LogP contribution in [0.4, 0.5) is 4.39 Å². The number of amides is 1. The van der Waals surface area contributed by atoms with Gasteiger partial charge in [0.15, 0.2) is 0 Å². The number of benzene rings is 1. The van der Waals surface area contributed by atoms with Gasteiger partial charge in [0.05, 0.1) is 12.6 Å². The molecule has 0 aromatic heterocycles. The van der Waals surface area contributed by atoms with E-state index in [1.165, 1.54) is 0 Å². The van der Waals surface area contributed by atoms with Crippen molar-refractivity contribution in [1.82, 2.24) is 5.32 Å². The minimum Gasteiger partial charge on any atom is -0.381 e. The second kappa shape index (κ2) is 7.03. The van der Waals surface area contributed by atoms with Crippen molar-refractivity contribution >= 4 is 5.91 Å². The van der Waals surface area contributed by atoms with Gasteiger partial charge in [0.2, 0.25) is 5.91 Å². The van der Waals surface area contributed by atoms with Crippen LogP contribution in [0.2, 0.25) is 0 Å². The molecule has 1 aromatic rings. The molecule has 0 saturated carbocycles. The van der Waals surface area contributed by atoms with E-state index in [4.69, 9.17) is 4.74 Å². The quantitative estimate of drug-likeness (QED) is 0.906. The van der Waals surface area contributed by atoms with Crippen LogP contribution >= 0.6 is 0 Å². The van der Waals surface area contributed by atoms with Crippen LogP contribution in [-0.4, -0.2) is 32.3 Å².